The maximum absolute atomic E-state index is 12.5. The van der Waals surface area contributed by atoms with Crippen molar-refractivity contribution in [1.82, 2.24) is 14.7 Å². The van der Waals surface area contributed by atoms with E-state index in [1.807, 2.05) is 44.4 Å². The molecule has 132 valence electrons. The highest BCUT2D eigenvalue weighted by Crippen LogP contribution is 2.24. The van der Waals surface area contributed by atoms with E-state index in [2.05, 4.69) is 11.7 Å². The smallest absolute Gasteiger partial charge is 0.250 e. The van der Waals surface area contributed by atoms with Crippen molar-refractivity contribution in [3.05, 3.63) is 59.9 Å². The Morgan fingerprint density at radius 2 is 1.92 bits per heavy atom. The quantitative estimate of drug-likeness (QED) is 0.757. The van der Waals surface area contributed by atoms with Crippen molar-refractivity contribution in [3.63, 3.8) is 0 Å². The van der Waals surface area contributed by atoms with E-state index < -0.39 is 0 Å². The summed E-state index contributed by atoms with van der Waals surface area (Å²) < 4.78 is 1.72. The van der Waals surface area contributed by atoms with Gasteiger partial charge in [-0.05, 0) is 24.6 Å². The molecular weight excluding hydrogens is 316 g/mol. The second kappa shape index (κ2) is 7.79. The molecule has 0 aliphatic rings. The molecule has 2 amide bonds. The van der Waals surface area contributed by atoms with Crippen molar-refractivity contribution in [2.75, 3.05) is 19.0 Å². The van der Waals surface area contributed by atoms with Gasteiger partial charge in [0.2, 0.25) is 5.91 Å². The van der Waals surface area contributed by atoms with Gasteiger partial charge < -0.3 is 9.80 Å². The van der Waals surface area contributed by atoms with Crippen LogP contribution < -0.4 is 4.90 Å². The molecule has 0 saturated heterocycles. The molecule has 0 spiro atoms. The number of rotatable bonds is 6. The van der Waals surface area contributed by atoms with E-state index in [9.17, 15) is 9.59 Å². The van der Waals surface area contributed by atoms with Crippen LogP contribution in [0.2, 0.25) is 0 Å². The highest BCUT2D eigenvalue weighted by molar-refractivity contribution is 6.02. The first kappa shape index (κ1) is 18.4. The number of carbonyl (C=O) groups is 2. The third kappa shape index (κ3) is 4.35. The first-order valence-electron chi connectivity index (χ1n) is 8.04. The number of benzene rings is 1. The third-order valence-corrected chi connectivity index (χ3v) is 4.01. The van der Waals surface area contributed by atoms with E-state index in [1.165, 1.54) is 6.08 Å². The lowest BCUT2D eigenvalue weighted by atomic mass is 10.1. The van der Waals surface area contributed by atoms with Gasteiger partial charge >= 0.3 is 0 Å². The van der Waals surface area contributed by atoms with Crippen LogP contribution >= 0.6 is 0 Å². The summed E-state index contributed by atoms with van der Waals surface area (Å²) in [6.07, 6.45) is 3.42. The Morgan fingerprint density at radius 3 is 2.48 bits per heavy atom. The molecular formula is C19H24N4O2. The van der Waals surface area contributed by atoms with Gasteiger partial charge in [-0.3, -0.25) is 14.3 Å². The van der Waals surface area contributed by atoms with Gasteiger partial charge in [0.05, 0.1) is 18.7 Å². The van der Waals surface area contributed by atoms with Gasteiger partial charge in [0, 0.05) is 38.6 Å². The maximum Gasteiger partial charge on any atom is 0.250 e. The molecule has 1 heterocycles. The van der Waals surface area contributed by atoms with Crippen LogP contribution in [0.25, 0.3) is 0 Å². The molecule has 0 saturated carbocycles. The zero-order chi connectivity index (χ0) is 18.6. The number of nitrogens with zero attached hydrogens (tertiary/aromatic N) is 4. The molecule has 0 fully saturated rings. The molecule has 25 heavy (non-hydrogen) atoms. The fraction of sp³-hybridized carbons (Fsp3) is 0.316. The van der Waals surface area contributed by atoms with Crippen molar-refractivity contribution in [2.45, 2.75) is 19.9 Å². The van der Waals surface area contributed by atoms with Crippen LogP contribution in [-0.2, 0) is 29.6 Å². The molecule has 0 bridgehead atoms. The molecule has 1 aromatic heterocycles. The standard InChI is InChI=1S/C19H24N4O2/c1-6-18(24)23(13-16-12-22(5)20-14(16)2)17-10-8-7-9-15(17)11-19(25)21(3)4/h6-10,12H,1,11,13H2,2-5H3. The van der Waals surface area contributed by atoms with Crippen LogP contribution in [0.4, 0.5) is 5.69 Å². The van der Waals surface area contributed by atoms with Crippen molar-refractivity contribution in [2.24, 2.45) is 7.05 Å². The van der Waals surface area contributed by atoms with Gasteiger partial charge in [-0.1, -0.05) is 24.8 Å². The third-order valence-electron chi connectivity index (χ3n) is 4.01. The molecule has 2 rings (SSSR count). The largest absolute Gasteiger partial charge is 0.349 e. The summed E-state index contributed by atoms with van der Waals surface area (Å²) in [5, 5.41) is 4.33. The number of likely N-dealkylation sites (N-methyl/N-ethyl adjacent to an activating group) is 1. The molecule has 0 aliphatic heterocycles. The lowest BCUT2D eigenvalue weighted by Crippen LogP contribution is -2.31. The van der Waals surface area contributed by atoms with Crippen LogP contribution in [0, 0.1) is 6.92 Å². The monoisotopic (exact) mass is 340 g/mol. The minimum atomic E-state index is -0.215. The first-order valence-corrected chi connectivity index (χ1v) is 8.04. The van der Waals surface area contributed by atoms with E-state index in [-0.39, 0.29) is 18.2 Å². The Morgan fingerprint density at radius 1 is 1.24 bits per heavy atom. The highest BCUT2D eigenvalue weighted by Gasteiger charge is 2.20. The van der Waals surface area contributed by atoms with E-state index in [0.29, 0.717) is 12.2 Å². The van der Waals surface area contributed by atoms with Crippen molar-refractivity contribution in [3.8, 4) is 0 Å². The van der Waals surface area contributed by atoms with Crippen LogP contribution in [0.15, 0.2) is 43.1 Å². The van der Waals surface area contributed by atoms with E-state index in [1.54, 1.807) is 28.6 Å². The summed E-state index contributed by atoms with van der Waals surface area (Å²) in [5.74, 6) is -0.232. The molecule has 2 aromatic rings. The molecule has 0 aliphatic carbocycles. The summed E-state index contributed by atoms with van der Waals surface area (Å²) in [7, 11) is 5.28. The van der Waals surface area contributed by atoms with Gasteiger partial charge in [0.25, 0.3) is 5.91 Å². The van der Waals surface area contributed by atoms with Crippen LogP contribution in [0.1, 0.15) is 16.8 Å². The van der Waals surface area contributed by atoms with Gasteiger partial charge in [-0.15, -0.1) is 0 Å². The van der Waals surface area contributed by atoms with E-state index in [0.717, 1.165) is 16.8 Å². The zero-order valence-corrected chi connectivity index (χ0v) is 15.2. The Balaban J connectivity index is 2.41. The zero-order valence-electron chi connectivity index (χ0n) is 15.2. The fourth-order valence-electron chi connectivity index (χ4n) is 2.61. The Hall–Kier alpha value is -2.89. The predicted octanol–water partition coefficient (Wildman–Crippen LogP) is 2.08. The summed E-state index contributed by atoms with van der Waals surface area (Å²) >= 11 is 0. The molecule has 1 aromatic carbocycles. The SMILES string of the molecule is C=CC(=O)N(Cc1cn(C)nc1C)c1ccccc1CC(=O)N(C)C. The van der Waals surface area contributed by atoms with Crippen molar-refractivity contribution >= 4 is 17.5 Å². The number of carbonyl (C=O) groups excluding carboxylic acids is 2. The number of hydrogen-bond acceptors (Lipinski definition) is 3. The molecule has 6 heteroatoms. The topological polar surface area (TPSA) is 58.4 Å². The minimum absolute atomic E-state index is 0.0176. The summed E-state index contributed by atoms with van der Waals surface area (Å²) in [6, 6.07) is 7.45. The van der Waals surface area contributed by atoms with Crippen molar-refractivity contribution < 1.29 is 9.59 Å². The van der Waals surface area contributed by atoms with Gasteiger partial charge in [-0.2, -0.15) is 5.10 Å². The van der Waals surface area contributed by atoms with Gasteiger partial charge in [-0.25, -0.2) is 0 Å². The second-order valence-electron chi connectivity index (χ2n) is 6.14. The summed E-state index contributed by atoms with van der Waals surface area (Å²) in [5.41, 5.74) is 3.33. The Kier molecular flexibility index (Phi) is 5.75. The number of anilines is 1. The summed E-state index contributed by atoms with van der Waals surface area (Å²) in [6.45, 7) is 5.89. The van der Waals surface area contributed by atoms with Gasteiger partial charge in [0.15, 0.2) is 0 Å². The predicted molar refractivity (Wildman–Crippen MR) is 98.2 cm³/mol. The van der Waals surface area contributed by atoms with E-state index >= 15 is 0 Å². The number of aromatic nitrogens is 2. The first-order chi connectivity index (χ1) is 11.8. The normalized spacial score (nSPS) is 10.4. The van der Waals surface area contributed by atoms with E-state index in [4.69, 9.17) is 0 Å². The van der Waals surface area contributed by atoms with Crippen LogP contribution in [0.5, 0.6) is 0 Å². The van der Waals surface area contributed by atoms with Crippen molar-refractivity contribution in [1.29, 1.82) is 0 Å². The minimum Gasteiger partial charge on any atom is -0.349 e. The second-order valence-corrected chi connectivity index (χ2v) is 6.14. The summed E-state index contributed by atoms with van der Waals surface area (Å²) in [4.78, 5) is 27.8. The maximum atomic E-state index is 12.5. The molecule has 0 N–H and O–H groups in total. The fourth-order valence-corrected chi connectivity index (χ4v) is 2.61. The Labute approximate surface area is 148 Å². The highest BCUT2D eigenvalue weighted by atomic mass is 16.2. The Bertz CT molecular complexity index is 792. The number of amides is 2. The van der Waals surface area contributed by atoms with Crippen LogP contribution in [-0.4, -0.2) is 40.6 Å². The number of aryl methyl sites for hydroxylation is 2. The molecule has 6 nitrogen and oxygen atoms in total. The van der Waals surface area contributed by atoms with Crippen LogP contribution in [0.3, 0.4) is 0 Å². The molecule has 0 radical (unpaired) electrons. The molecule has 0 unspecified atom stereocenters. The number of hydrogen-bond donors (Lipinski definition) is 0. The lowest BCUT2D eigenvalue weighted by Gasteiger charge is -2.24. The average molecular weight is 340 g/mol. The number of para-hydroxylation sites is 1. The lowest BCUT2D eigenvalue weighted by molar-refractivity contribution is -0.128. The molecule has 0 atom stereocenters. The average Bonchev–Trinajstić information content (AvgIpc) is 2.89. The van der Waals surface area contributed by atoms with Gasteiger partial charge in [0.1, 0.15) is 0 Å².